The number of benzene rings is 1. The van der Waals surface area contributed by atoms with Crippen LogP contribution in [0.2, 0.25) is 0 Å². The molecule has 0 spiro atoms. The van der Waals surface area contributed by atoms with Crippen LogP contribution in [0.15, 0.2) is 67.1 Å². The highest BCUT2D eigenvalue weighted by molar-refractivity contribution is 6.00. The van der Waals surface area contributed by atoms with Gasteiger partial charge in [-0.25, -0.2) is 14.4 Å². The van der Waals surface area contributed by atoms with E-state index in [-0.39, 0.29) is 24.6 Å². The molecule has 4 atom stereocenters. The maximum atomic E-state index is 14.9. The summed E-state index contributed by atoms with van der Waals surface area (Å²) < 4.78 is 23.8. The van der Waals surface area contributed by atoms with Crippen molar-refractivity contribution in [1.29, 1.82) is 0 Å². The molecule has 42 heavy (non-hydrogen) atoms. The fourth-order valence-corrected chi connectivity index (χ4v) is 5.89. The number of nitrogens with zero attached hydrogens (tertiary/aromatic N) is 6. The van der Waals surface area contributed by atoms with Gasteiger partial charge in [0.25, 0.3) is 5.91 Å². The third-order valence-corrected chi connectivity index (χ3v) is 8.39. The number of halogens is 1. The number of ether oxygens (including phenoxy) is 1. The number of amides is 1. The summed E-state index contributed by atoms with van der Waals surface area (Å²) in [7, 11) is 1.97. The van der Waals surface area contributed by atoms with Crippen LogP contribution in [0.1, 0.15) is 41.2 Å². The molecule has 1 saturated carbocycles. The first-order valence-corrected chi connectivity index (χ1v) is 14.3. The number of hydrogen-bond donors (Lipinski definition) is 2. The number of carbonyl (C=O) groups excluding carboxylic acids is 1. The lowest BCUT2D eigenvalue weighted by Gasteiger charge is -2.32. The number of pyridine rings is 1. The molecular weight excluding hydrogens is 537 g/mol. The van der Waals surface area contributed by atoms with Crippen molar-refractivity contribution in [1.82, 2.24) is 29.5 Å². The Morgan fingerprint density at radius 2 is 2.00 bits per heavy atom. The van der Waals surface area contributed by atoms with Crippen molar-refractivity contribution in [3.63, 3.8) is 0 Å². The van der Waals surface area contributed by atoms with Gasteiger partial charge < -0.3 is 24.6 Å². The maximum Gasteiger partial charge on any atom is 0.257 e. The zero-order valence-electron chi connectivity index (χ0n) is 23.2. The first kappa shape index (κ1) is 26.5. The lowest BCUT2D eigenvalue weighted by molar-refractivity contribution is 0.00346. The molecule has 3 aromatic rings. The highest BCUT2D eigenvalue weighted by Crippen LogP contribution is 2.37. The second-order valence-corrected chi connectivity index (χ2v) is 11.1. The predicted molar refractivity (Wildman–Crippen MR) is 155 cm³/mol. The van der Waals surface area contributed by atoms with Gasteiger partial charge in [-0.2, -0.15) is 9.61 Å². The van der Waals surface area contributed by atoms with Gasteiger partial charge in [-0.3, -0.25) is 4.79 Å². The Morgan fingerprint density at radius 1 is 1.14 bits per heavy atom. The second-order valence-electron chi connectivity index (χ2n) is 11.1. The summed E-state index contributed by atoms with van der Waals surface area (Å²) in [5, 5.41) is 17.5. The number of nitrogens with one attached hydrogen (secondary N) is 1. The minimum atomic E-state index is -1.12. The third-order valence-electron chi connectivity index (χ3n) is 8.39. The van der Waals surface area contributed by atoms with E-state index in [1.54, 1.807) is 10.7 Å². The van der Waals surface area contributed by atoms with Crippen molar-refractivity contribution in [3.05, 3.63) is 78.2 Å². The third kappa shape index (κ3) is 4.68. The number of aliphatic hydroxyl groups is 1. The van der Waals surface area contributed by atoms with Gasteiger partial charge in [0.2, 0.25) is 0 Å². The van der Waals surface area contributed by atoms with Crippen LogP contribution in [-0.4, -0.2) is 73.7 Å². The summed E-state index contributed by atoms with van der Waals surface area (Å²) in [5.74, 6) is 1.09. The summed E-state index contributed by atoms with van der Waals surface area (Å²) in [6.45, 7) is 1.18. The quantitative estimate of drug-likeness (QED) is 0.306. The lowest BCUT2D eigenvalue weighted by Crippen LogP contribution is -2.50. The van der Waals surface area contributed by atoms with E-state index in [4.69, 9.17) is 14.7 Å². The van der Waals surface area contributed by atoms with E-state index in [1.165, 1.54) is 6.20 Å². The van der Waals surface area contributed by atoms with Gasteiger partial charge in [0.05, 0.1) is 36.7 Å². The Kier molecular flexibility index (Phi) is 6.83. The highest BCUT2D eigenvalue weighted by Gasteiger charge is 2.32. The first-order valence-electron chi connectivity index (χ1n) is 14.3. The molecule has 5 heterocycles. The van der Waals surface area contributed by atoms with Gasteiger partial charge in [-0.1, -0.05) is 30.3 Å². The van der Waals surface area contributed by atoms with E-state index in [0.717, 1.165) is 28.9 Å². The number of alkyl halides is 1. The molecule has 1 aliphatic carbocycles. The van der Waals surface area contributed by atoms with E-state index < -0.39 is 12.3 Å². The summed E-state index contributed by atoms with van der Waals surface area (Å²) in [6.07, 6.45) is 5.45. The lowest BCUT2D eigenvalue weighted by atomic mass is 9.89. The number of aromatic nitrogens is 5. The number of hydrogen-bond acceptors (Lipinski definition) is 7. The monoisotopic (exact) mass is 569 g/mol. The zero-order chi connectivity index (χ0) is 28.8. The molecule has 2 fully saturated rings. The molecule has 4 aliphatic rings. The molecule has 7 rings (SSSR count). The molecule has 11 heteroatoms. The van der Waals surface area contributed by atoms with Crippen LogP contribution in [0.4, 0.5) is 10.2 Å². The predicted octanol–water partition coefficient (Wildman–Crippen LogP) is 3.89. The fourth-order valence-electron chi connectivity index (χ4n) is 5.89. The number of aliphatic hydroxyl groups excluding tert-OH is 1. The van der Waals surface area contributed by atoms with Crippen molar-refractivity contribution < 1.29 is 19.0 Å². The van der Waals surface area contributed by atoms with Crippen LogP contribution >= 0.6 is 0 Å². The molecule has 1 saturated heterocycles. The van der Waals surface area contributed by atoms with Crippen molar-refractivity contribution in [2.24, 2.45) is 0 Å². The molecule has 0 bridgehead atoms. The van der Waals surface area contributed by atoms with Gasteiger partial charge in [-0.15, -0.1) is 0 Å². The summed E-state index contributed by atoms with van der Waals surface area (Å²) in [5.41, 5.74) is 4.09. The molecule has 2 aromatic heterocycles. The van der Waals surface area contributed by atoms with Gasteiger partial charge >= 0.3 is 0 Å². The molecule has 10 nitrogen and oxygen atoms in total. The van der Waals surface area contributed by atoms with Crippen molar-refractivity contribution in [3.8, 4) is 22.6 Å². The SMILES string of the molecule is CN(Cc1ccccc1)c1cc(-c2cnc3n([C@@H]4CCOC[C@@H]4F)cccc2-3)nc2c(C(=O)NC3CCC3O)cnn12. The average Bonchev–Trinajstić information content (AvgIpc) is 3.64. The van der Waals surface area contributed by atoms with E-state index in [9.17, 15) is 14.3 Å². The molecule has 2 unspecified atom stereocenters. The standard InChI is InChI=1S/C31H32FN7O3/c1-37(17-19-6-3-2-4-7-19)28-14-25(35-30-22(16-34-39(28)30)31(41)36-24-9-10-27(24)40)21-15-33-29-20(21)8-5-12-38(29)26-11-13-42-18-23(26)32/h2-8,12,14-16,23-24,26-27,40H,9-11,13,17-18H2,1H3,(H,36,41)/t23-,24?,26+,27?/m0/s1. The van der Waals surface area contributed by atoms with Crippen molar-refractivity contribution >= 4 is 17.4 Å². The Hall–Kier alpha value is -4.35. The van der Waals surface area contributed by atoms with Crippen LogP contribution in [0.5, 0.6) is 0 Å². The molecule has 1 amide bonds. The van der Waals surface area contributed by atoms with Gasteiger partial charge in [0.15, 0.2) is 5.65 Å². The Bertz CT molecular complexity index is 1700. The van der Waals surface area contributed by atoms with Crippen LogP contribution in [0, 0.1) is 0 Å². The Labute approximate surface area is 242 Å². The first-order chi connectivity index (χ1) is 20.5. The van der Waals surface area contributed by atoms with Crippen LogP contribution < -0.4 is 10.2 Å². The number of anilines is 1. The highest BCUT2D eigenvalue weighted by atomic mass is 19.1. The molecular formula is C31H32FN7O3. The van der Waals surface area contributed by atoms with Gasteiger partial charge in [-0.05, 0) is 37.0 Å². The molecule has 216 valence electrons. The smallest absolute Gasteiger partial charge is 0.257 e. The zero-order valence-corrected chi connectivity index (χ0v) is 23.2. The minimum absolute atomic E-state index is 0.0703. The molecule has 1 aromatic carbocycles. The van der Waals surface area contributed by atoms with Gasteiger partial charge in [0.1, 0.15) is 23.4 Å². The maximum absolute atomic E-state index is 14.9. The second kappa shape index (κ2) is 10.8. The fraction of sp³-hybridized carbons (Fsp3) is 0.355. The van der Waals surface area contributed by atoms with Crippen molar-refractivity contribution in [2.75, 3.05) is 25.2 Å². The summed E-state index contributed by atoms with van der Waals surface area (Å²) >= 11 is 0. The average molecular weight is 570 g/mol. The number of fused-ring (bicyclic) bond motifs is 2. The topological polar surface area (TPSA) is 110 Å². The Balaban J connectivity index is 1.31. The van der Waals surface area contributed by atoms with Gasteiger partial charge in [0, 0.05) is 49.8 Å². The minimum Gasteiger partial charge on any atom is -0.391 e. The number of carbonyl (C=O) groups is 1. The van der Waals surface area contributed by atoms with Crippen LogP contribution in [0.3, 0.4) is 0 Å². The molecule has 0 radical (unpaired) electrons. The van der Waals surface area contributed by atoms with E-state index in [1.807, 2.05) is 54.2 Å². The number of rotatable bonds is 7. The Morgan fingerprint density at radius 3 is 2.76 bits per heavy atom. The summed E-state index contributed by atoms with van der Waals surface area (Å²) in [6, 6.07) is 15.3. The van der Waals surface area contributed by atoms with E-state index >= 15 is 0 Å². The van der Waals surface area contributed by atoms with Crippen LogP contribution in [0.25, 0.3) is 28.3 Å². The van der Waals surface area contributed by atoms with E-state index in [0.29, 0.717) is 48.7 Å². The van der Waals surface area contributed by atoms with E-state index in [2.05, 4.69) is 27.4 Å². The normalized spacial score (nSPS) is 22.3. The summed E-state index contributed by atoms with van der Waals surface area (Å²) in [4.78, 5) is 25.0. The molecule has 2 N–H and O–H groups in total. The molecule has 3 aliphatic heterocycles. The van der Waals surface area contributed by atoms with Crippen LogP contribution in [-0.2, 0) is 11.3 Å². The van der Waals surface area contributed by atoms with Crippen molar-refractivity contribution in [2.45, 2.75) is 50.2 Å². The largest absolute Gasteiger partial charge is 0.391 e.